The zero-order chi connectivity index (χ0) is 10.3. The molecule has 0 saturated heterocycles. The Kier molecular flexibility index (Phi) is 1.86. The lowest BCUT2D eigenvalue weighted by Crippen LogP contribution is -2.11. The van der Waals surface area contributed by atoms with Crippen molar-refractivity contribution in [2.45, 2.75) is 0 Å². The molecule has 0 radical (unpaired) electrons. The number of hydrogen-bond donors (Lipinski definition) is 2. The number of halogens is 1. The number of carbonyl (C=O) groups is 1. The molecule has 0 atom stereocenters. The van der Waals surface area contributed by atoms with Gasteiger partial charge >= 0.3 is 0 Å². The SMILES string of the molecule is NC(=O)c1oc2cccc(Cl)c2c1N. The van der Waals surface area contributed by atoms with Gasteiger partial charge in [-0.2, -0.15) is 0 Å². The zero-order valence-corrected chi connectivity index (χ0v) is 7.84. The lowest BCUT2D eigenvalue weighted by atomic mass is 10.2. The molecule has 0 spiro atoms. The minimum absolute atomic E-state index is 0.0481. The molecule has 0 fully saturated rings. The molecule has 72 valence electrons. The lowest BCUT2D eigenvalue weighted by Gasteiger charge is -1.92. The van der Waals surface area contributed by atoms with Gasteiger partial charge in [-0.05, 0) is 12.1 Å². The normalized spacial score (nSPS) is 10.6. The average molecular weight is 211 g/mol. The third-order valence-corrected chi connectivity index (χ3v) is 2.24. The van der Waals surface area contributed by atoms with Crippen LogP contribution in [-0.4, -0.2) is 5.91 Å². The zero-order valence-electron chi connectivity index (χ0n) is 7.08. The smallest absolute Gasteiger partial charge is 0.286 e. The molecule has 1 amide bonds. The summed E-state index contributed by atoms with van der Waals surface area (Å²) in [4.78, 5) is 10.9. The molecular formula is C9H7ClN2O2. The minimum Gasteiger partial charge on any atom is -0.449 e. The van der Waals surface area contributed by atoms with E-state index >= 15 is 0 Å². The van der Waals surface area contributed by atoms with E-state index in [1.165, 1.54) is 0 Å². The molecule has 0 unspecified atom stereocenters. The van der Waals surface area contributed by atoms with Crippen LogP contribution in [0.5, 0.6) is 0 Å². The van der Waals surface area contributed by atoms with Crippen LogP contribution in [0.2, 0.25) is 5.02 Å². The fourth-order valence-corrected chi connectivity index (χ4v) is 1.58. The van der Waals surface area contributed by atoms with Crippen LogP contribution in [0.15, 0.2) is 22.6 Å². The first kappa shape index (κ1) is 8.90. The van der Waals surface area contributed by atoms with Crippen molar-refractivity contribution in [2.75, 3.05) is 5.73 Å². The van der Waals surface area contributed by atoms with Gasteiger partial charge in [0.05, 0.1) is 16.1 Å². The van der Waals surface area contributed by atoms with Crippen molar-refractivity contribution in [1.82, 2.24) is 0 Å². The molecule has 1 aromatic heterocycles. The minimum atomic E-state index is -0.699. The predicted octanol–water partition coefficient (Wildman–Crippen LogP) is 1.77. The van der Waals surface area contributed by atoms with Crippen LogP contribution in [0.3, 0.4) is 0 Å². The van der Waals surface area contributed by atoms with E-state index in [1.807, 2.05) is 0 Å². The van der Waals surface area contributed by atoms with E-state index in [-0.39, 0.29) is 11.4 Å². The van der Waals surface area contributed by atoms with E-state index in [1.54, 1.807) is 18.2 Å². The number of fused-ring (bicyclic) bond motifs is 1. The lowest BCUT2D eigenvalue weighted by molar-refractivity contribution is 0.0977. The molecule has 0 aliphatic carbocycles. The van der Waals surface area contributed by atoms with Gasteiger partial charge in [-0.15, -0.1) is 0 Å². The van der Waals surface area contributed by atoms with E-state index in [0.29, 0.717) is 16.0 Å². The molecule has 0 saturated carbocycles. The van der Waals surface area contributed by atoms with Gasteiger partial charge in [0.1, 0.15) is 5.58 Å². The number of hydrogen-bond acceptors (Lipinski definition) is 3. The quantitative estimate of drug-likeness (QED) is 0.753. The number of nitrogen functional groups attached to an aromatic ring is 1. The van der Waals surface area contributed by atoms with Gasteiger partial charge in [0.2, 0.25) is 5.76 Å². The Bertz CT molecular complexity index is 519. The Morgan fingerprint density at radius 1 is 1.43 bits per heavy atom. The van der Waals surface area contributed by atoms with Crippen molar-refractivity contribution in [3.05, 3.63) is 29.0 Å². The van der Waals surface area contributed by atoms with E-state index in [9.17, 15) is 4.79 Å². The summed E-state index contributed by atoms with van der Waals surface area (Å²) in [5, 5.41) is 0.971. The standard InChI is InChI=1S/C9H7ClN2O2/c10-4-2-1-3-5-6(4)7(11)8(14-5)9(12)13/h1-3H,11H2,(H2,12,13). The van der Waals surface area contributed by atoms with Crippen LogP contribution in [0, 0.1) is 0 Å². The Morgan fingerprint density at radius 2 is 2.14 bits per heavy atom. The van der Waals surface area contributed by atoms with Crippen LogP contribution in [0.4, 0.5) is 5.69 Å². The van der Waals surface area contributed by atoms with Crippen molar-refractivity contribution in [2.24, 2.45) is 5.73 Å². The summed E-state index contributed by atoms with van der Waals surface area (Å²) in [5.41, 5.74) is 11.4. The summed E-state index contributed by atoms with van der Waals surface area (Å²) in [5.74, 6) is -0.747. The Balaban J connectivity index is 2.87. The number of benzene rings is 1. The van der Waals surface area contributed by atoms with Gasteiger partial charge < -0.3 is 15.9 Å². The van der Waals surface area contributed by atoms with Gasteiger partial charge in [0.15, 0.2) is 0 Å². The van der Waals surface area contributed by atoms with E-state index in [4.69, 9.17) is 27.5 Å². The number of primary amides is 1. The van der Waals surface area contributed by atoms with E-state index < -0.39 is 5.91 Å². The summed E-state index contributed by atoms with van der Waals surface area (Å²) in [6.45, 7) is 0. The monoisotopic (exact) mass is 210 g/mol. The van der Waals surface area contributed by atoms with Gasteiger partial charge in [-0.3, -0.25) is 4.79 Å². The number of rotatable bonds is 1. The average Bonchev–Trinajstić information content (AvgIpc) is 2.45. The molecule has 2 rings (SSSR count). The summed E-state index contributed by atoms with van der Waals surface area (Å²) in [6, 6.07) is 5.04. The number of carbonyl (C=O) groups excluding carboxylic acids is 1. The van der Waals surface area contributed by atoms with Gasteiger partial charge in [0.25, 0.3) is 5.91 Å². The van der Waals surface area contributed by atoms with Gasteiger partial charge in [-0.25, -0.2) is 0 Å². The fourth-order valence-electron chi connectivity index (χ4n) is 1.31. The highest BCUT2D eigenvalue weighted by Gasteiger charge is 2.17. The second-order valence-electron chi connectivity index (χ2n) is 2.82. The van der Waals surface area contributed by atoms with Gasteiger partial charge in [0, 0.05) is 0 Å². The summed E-state index contributed by atoms with van der Waals surface area (Å²) in [6.07, 6.45) is 0. The third-order valence-electron chi connectivity index (χ3n) is 1.93. The Hall–Kier alpha value is -1.68. The second kappa shape index (κ2) is 2.92. The highest BCUT2D eigenvalue weighted by atomic mass is 35.5. The van der Waals surface area contributed by atoms with Crippen LogP contribution >= 0.6 is 11.6 Å². The first-order chi connectivity index (χ1) is 6.61. The Labute approximate surface area is 84.4 Å². The second-order valence-corrected chi connectivity index (χ2v) is 3.23. The van der Waals surface area contributed by atoms with Crippen LogP contribution in [0.25, 0.3) is 11.0 Å². The first-order valence-corrected chi connectivity index (χ1v) is 4.25. The number of nitrogens with two attached hydrogens (primary N) is 2. The first-order valence-electron chi connectivity index (χ1n) is 3.87. The maximum Gasteiger partial charge on any atom is 0.286 e. The largest absolute Gasteiger partial charge is 0.449 e. The topological polar surface area (TPSA) is 82.2 Å². The molecule has 5 heteroatoms. The molecular weight excluding hydrogens is 204 g/mol. The summed E-state index contributed by atoms with van der Waals surface area (Å²) < 4.78 is 5.16. The molecule has 14 heavy (non-hydrogen) atoms. The molecule has 0 bridgehead atoms. The number of furan rings is 1. The summed E-state index contributed by atoms with van der Waals surface area (Å²) >= 11 is 5.89. The van der Waals surface area contributed by atoms with Crippen LogP contribution < -0.4 is 11.5 Å². The van der Waals surface area contributed by atoms with Crippen molar-refractivity contribution >= 4 is 34.2 Å². The van der Waals surface area contributed by atoms with E-state index in [0.717, 1.165) is 0 Å². The van der Waals surface area contributed by atoms with Crippen molar-refractivity contribution < 1.29 is 9.21 Å². The molecule has 0 aliphatic heterocycles. The van der Waals surface area contributed by atoms with Crippen LogP contribution in [0.1, 0.15) is 10.6 Å². The molecule has 4 N–H and O–H groups in total. The van der Waals surface area contributed by atoms with Crippen molar-refractivity contribution in [3.63, 3.8) is 0 Å². The molecule has 0 aliphatic rings. The van der Waals surface area contributed by atoms with Crippen LogP contribution in [-0.2, 0) is 0 Å². The highest BCUT2D eigenvalue weighted by Crippen LogP contribution is 2.33. The Morgan fingerprint density at radius 3 is 2.71 bits per heavy atom. The fraction of sp³-hybridized carbons (Fsp3) is 0. The van der Waals surface area contributed by atoms with Crippen molar-refractivity contribution in [3.8, 4) is 0 Å². The van der Waals surface area contributed by atoms with Crippen molar-refractivity contribution in [1.29, 1.82) is 0 Å². The summed E-state index contributed by atoms with van der Waals surface area (Å²) in [7, 11) is 0. The van der Waals surface area contributed by atoms with E-state index in [2.05, 4.69) is 0 Å². The molecule has 1 aromatic carbocycles. The third kappa shape index (κ3) is 1.12. The molecule has 1 heterocycles. The number of amides is 1. The predicted molar refractivity (Wildman–Crippen MR) is 54.2 cm³/mol. The highest BCUT2D eigenvalue weighted by molar-refractivity contribution is 6.36. The number of anilines is 1. The van der Waals surface area contributed by atoms with Gasteiger partial charge in [-0.1, -0.05) is 17.7 Å². The maximum absolute atomic E-state index is 10.9. The molecule has 4 nitrogen and oxygen atoms in total. The maximum atomic E-state index is 10.9. The molecule has 2 aromatic rings.